The van der Waals surface area contributed by atoms with Gasteiger partial charge in [-0.05, 0) is 25.8 Å². The number of hydrogen-bond acceptors (Lipinski definition) is 3. The fourth-order valence-electron chi connectivity index (χ4n) is 1.32. The number of nitrogens with one attached hydrogen (secondary N) is 1. The quantitative estimate of drug-likeness (QED) is 0.578. The van der Waals surface area contributed by atoms with E-state index in [1.807, 2.05) is 7.05 Å². The third-order valence-corrected chi connectivity index (χ3v) is 2.06. The van der Waals surface area contributed by atoms with Gasteiger partial charge in [0.2, 0.25) is 0 Å². The number of methoxy groups -OCH3 is 1. The standard InChI is InChI=1S/C11H25NO2/c1-10(2)6-5-7-14-11(8-12-3)9-13-4/h10-12H,5-9H2,1-4H3. The lowest BCUT2D eigenvalue weighted by Gasteiger charge is -2.16. The summed E-state index contributed by atoms with van der Waals surface area (Å²) in [5, 5.41) is 3.10. The molecular formula is C11H25NO2. The van der Waals surface area contributed by atoms with Gasteiger partial charge in [-0.3, -0.25) is 0 Å². The molecule has 1 unspecified atom stereocenters. The summed E-state index contributed by atoms with van der Waals surface area (Å²) in [7, 11) is 3.64. The van der Waals surface area contributed by atoms with Gasteiger partial charge in [0.15, 0.2) is 0 Å². The highest BCUT2D eigenvalue weighted by molar-refractivity contribution is 4.58. The molecule has 0 saturated carbocycles. The summed E-state index contributed by atoms with van der Waals surface area (Å²) >= 11 is 0. The minimum absolute atomic E-state index is 0.192. The van der Waals surface area contributed by atoms with Gasteiger partial charge in [-0.15, -0.1) is 0 Å². The first kappa shape index (κ1) is 13.9. The monoisotopic (exact) mass is 203 g/mol. The number of ether oxygens (including phenoxy) is 2. The van der Waals surface area contributed by atoms with Crippen molar-refractivity contribution in [3.8, 4) is 0 Å². The maximum Gasteiger partial charge on any atom is 0.0932 e. The zero-order chi connectivity index (χ0) is 10.8. The van der Waals surface area contributed by atoms with Crippen LogP contribution in [0.4, 0.5) is 0 Å². The number of hydrogen-bond donors (Lipinski definition) is 1. The Morgan fingerprint density at radius 3 is 2.50 bits per heavy atom. The Bertz CT molecular complexity index is 112. The molecule has 0 aliphatic heterocycles. The van der Waals surface area contributed by atoms with Gasteiger partial charge in [0.1, 0.15) is 0 Å². The Morgan fingerprint density at radius 1 is 1.29 bits per heavy atom. The summed E-state index contributed by atoms with van der Waals surface area (Å²) in [4.78, 5) is 0. The maximum absolute atomic E-state index is 5.69. The molecule has 0 aliphatic rings. The van der Waals surface area contributed by atoms with Crippen LogP contribution >= 0.6 is 0 Å². The van der Waals surface area contributed by atoms with Gasteiger partial charge < -0.3 is 14.8 Å². The fourth-order valence-corrected chi connectivity index (χ4v) is 1.32. The molecule has 86 valence electrons. The van der Waals surface area contributed by atoms with E-state index in [0.717, 1.165) is 25.5 Å². The molecule has 14 heavy (non-hydrogen) atoms. The number of rotatable bonds is 9. The van der Waals surface area contributed by atoms with E-state index in [0.29, 0.717) is 6.61 Å². The van der Waals surface area contributed by atoms with Crippen molar-refractivity contribution in [1.29, 1.82) is 0 Å². The van der Waals surface area contributed by atoms with Crippen molar-refractivity contribution >= 4 is 0 Å². The second-order valence-electron chi connectivity index (χ2n) is 4.04. The van der Waals surface area contributed by atoms with Crippen LogP contribution in [-0.4, -0.2) is 40.0 Å². The second kappa shape index (κ2) is 9.44. The minimum atomic E-state index is 0.192. The van der Waals surface area contributed by atoms with Crippen molar-refractivity contribution in [2.45, 2.75) is 32.8 Å². The molecule has 1 atom stereocenters. The van der Waals surface area contributed by atoms with E-state index in [-0.39, 0.29) is 6.10 Å². The number of likely N-dealkylation sites (N-methyl/N-ethyl adjacent to an activating group) is 1. The molecule has 3 heteroatoms. The van der Waals surface area contributed by atoms with Crippen LogP contribution in [0.2, 0.25) is 0 Å². The molecule has 0 aromatic carbocycles. The van der Waals surface area contributed by atoms with Crippen LogP contribution in [0.5, 0.6) is 0 Å². The first-order valence-electron chi connectivity index (χ1n) is 5.45. The summed E-state index contributed by atoms with van der Waals surface area (Å²) in [6.07, 6.45) is 2.57. The SMILES string of the molecule is CNCC(COC)OCCCC(C)C. The summed E-state index contributed by atoms with van der Waals surface area (Å²) in [5.74, 6) is 0.767. The molecule has 0 rings (SSSR count). The van der Waals surface area contributed by atoms with Crippen molar-refractivity contribution in [2.24, 2.45) is 5.92 Å². The molecule has 1 N–H and O–H groups in total. The lowest BCUT2D eigenvalue weighted by Crippen LogP contribution is -2.31. The Labute approximate surface area is 88.2 Å². The molecule has 0 bridgehead atoms. The predicted molar refractivity (Wildman–Crippen MR) is 59.6 cm³/mol. The van der Waals surface area contributed by atoms with Crippen LogP contribution in [0.1, 0.15) is 26.7 Å². The van der Waals surface area contributed by atoms with E-state index in [1.54, 1.807) is 7.11 Å². The fraction of sp³-hybridized carbons (Fsp3) is 1.00. The zero-order valence-corrected chi connectivity index (χ0v) is 10.0. The topological polar surface area (TPSA) is 30.5 Å². The smallest absolute Gasteiger partial charge is 0.0932 e. The normalized spacial score (nSPS) is 13.5. The van der Waals surface area contributed by atoms with E-state index in [2.05, 4.69) is 19.2 Å². The molecule has 0 fully saturated rings. The molecule has 0 aromatic rings. The first-order valence-corrected chi connectivity index (χ1v) is 5.45. The Morgan fingerprint density at radius 2 is 2.00 bits per heavy atom. The summed E-state index contributed by atoms with van der Waals surface area (Å²) in [6.45, 7) is 6.84. The molecule has 0 radical (unpaired) electrons. The highest BCUT2D eigenvalue weighted by Crippen LogP contribution is 2.04. The third-order valence-electron chi connectivity index (χ3n) is 2.06. The summed E-state index contributed by atoms with van der Waals surface area (Å²) < 4.78 is 10.8. The van der Waals surface area contributed by atoms with Crippen molar-refractivity contribution < 1.29 is 9.47 Å². The molecule has 3 nitrogen and oxygen atoms in total. The van der Waals surface area contributed by atoms with Gasteiger partial charge in [0, 0.05) is 20.3 Å². The predicted octanol–water partition coefficient (Wildman–Crippen LogP) is 1.67. The molecule has 0 heterocycles. The van der Waals surface area contributed by atoms with E-state index in [1.165, 1.54) is 6.42 Å². The Balaban J connectivity index is 3.40. The Kier molecular flexibility index (Phi) is 9.35. The first-order chi connectivity index (χ1) is 6.70. The molecule has 0 amide bonds. The van der Waals surface area contributed by atoms with Crippen LogP contribution in [0.25, 0.3) is 0 Å². The van der Waals surface area contributed by atoms with Gasteiger partial charge >= 0.3 is 0 Å². The highest BCUT2D eigenvalue weighted by atomic mass is 16.5. The molecular weight excluding hydrogens is 178 g/mol. The highest BCUT2D eigenvalue weighted by Gasteiger charge is 2.06. The lowest BCUT2D eigenvalue weighted by molar-refractivity contribution is -0.00209. The van der Waals surface area contributed by atoms with Crippen LogP contribution in [0.15, 0.2) is 0 Å². The molecule has 0 saturated heterocycles. The van der Waals surface area contributed by atoms with Crippen LogP contribution in [0.3, 0.4) is 0 Å². The molecule has 0 aromatic heterocycles. The Hall–Kier alpha value is -0.120. The van der Waals surface area contributed by atoms with E-state index < -0.39 is 0 Å². The van der Waals surface area contributed by atoms with Gasteiger partial charge in [-0.25, -0.2) is 0 Å². The average Bonchev–Trinajstić information content (AvgIpc) is 2.12. The van der Waals surface area contributed by atoms with E-state index in [4.69, 9.17) is 9.47 Å². The van der Waals surface area contributed by atoms with Crippen molar-refractivity contribution in [3.05, 3.63) is 0 Å². The van der Waals surface area contributed by atoms with Gasteiger partial charge in [0.05, 0.1) is 12.7 Å². The van der Waals surface area contributed by atoms with Crippen LogP contribution in [0, 0.1) is 5.92 Å². The lowest BCUT2D eigenvalue weighted by atomic mass is 10.1. The summed E-state index contributed by atoms with van der Waals surface area (Å²) in [5.41, 5.74) is 0. The summed E-state index contributed by atoms with van der Waals surface area (Å²) in [6, 6.07) is 0. The largest absolute Gasteiger partial charge is 0.382 e. The van der Waals surface area contributed by atoms with E-state index in [9.17, 15) is 0 Å². The van der Waals surface area contributed by atoms with Crippen molar-refractivity contribution in [2.75, 3.05) is 33.9 Å². The van der Waals surface area contributed by atoms with E-state index >= 15 is 0 Å². The second-order valence-corrected chi connectivity index (χ2v) is 4.04. The van der Waals surface area contributed by atoms with Crippen molar-refractivity contribution in [3.63, 3.8) is 0 Å². The van der Waals surface area contributed by atoms with Gasteiger partial charge in [-0.1, -0.05) is 13.8 Å². The zero-order valence-electron chi connectivity index (χ0n) is 10.0. The maximum atomic E-state index is 5.69. The van der Waals surface area contributed by atoms with Crippen LogP contribution in [-0.2, 0) is 9.47 Å². The van der Waals surface area contributed by atoms with Crippen LogP contribution < -0.4 is 5.32 Å². The molecule has 0 spiro atoms. The van der Waals surface area contributed by atoms with Gasteiger partial charge in [-0.2, -0.15) is 0 Å². The van der Waals surface area contributed by atoms with Gasteiger partial charge in [0.25, 0.3) is 0 Å². The van der Waals surface area contributed by atoms with Crippen molar-refractivity contribution in [1.82, 2.24) is 5.32 Å². The average molecular weight is 203 g/mol. The minimum Gasteiger partial charge on any atom is -0.382 e. The molecule has 0 aliphatic carbocycles. The third kappa shape index (κ3) is 8.48.